The second kappa shape index (κ2) is 9.22. The predicted octanol–water partition coefficient (Wildman–Crippen LogP) is 2.16. The van der Waals surface area contributed by atoms with Gasteiger partial charge in [0.1, 0.15) is 6.54 Å². The van der Waals surface area contributed by atoms with Crippen LogP contribution in [0.2, 0.25) is 0 Å². The fourth-order valence-electron chi connectivity index (χ4n) is 2.29. The maximum atomic E-state index is 11.8. The third kappa shape index (κ3) is 6.10. The van der Waals surface area contributed by atoms with Gasteiger partial charge < -0.3 is 15.0 Å². The summed E-state index contributed by atoms with van der Waals surface area (Å²) >= 11 is 0. The Balaban J connectivity index is 1.85. The molecule has 1 amide bonds. The monoisotopic (exact) mass is 340 g/mol. The molecule has 0 saturated heterocycles. The molecule has 0 spiro atoms. The lowest BCUT2D eigenvalue weighted by Gasteiger charge is -2.04. The molecule has 25 heavy (non-hydrogen) atoms. The lowest BCUT2D eigenvalue weighted by atomic mass is 10.1. The normalized spacial score (nSPS) is 10.7. The van der Waals surface area contributed by atoms with Gasteiger partial charge in [0.25, 0.3) is 5.91 Å². The minimum absolute atomic E-state index is 0.00782. The van der Waals surface area contributed by atoms with Crippen LogP contribution in [0.3, 0.4) is 0 Å². The van der Waals surface area contributed by atoms with Gasteiger partial charge in [-0.2, -0.15) is 0 Å². The third-order valence-electron chi connectivity index (χ3n) is 3.53. The van der Waals surface area contributed by atoms with Crippen molar-refractivity contribution in [1.82, 2.24) is 9.88 Å². The van der Waals surface area contributed by atoms with Gasteiger partial charge in [-0.1, -0.05) is 30.4 Å². The first kappa shape index (κ1) is 18.2. The second-order valence-electron chi connectivity index (χ2n) is 5.48. The van der Waals surface area contributed by atoms with Gasteiger partial charge in [-0.3, -0.25) is 14.4 Å². The molecule has 0 aliphatic rings. The van der Waals surface area contributed by atoms with Crippen molar-refractivity contribution in [3.63, 3.8) is 0 Å². The van der Waals surface area contributed by atoms with Crippen molar-refractivity contribution < 1.29 is 14.7 Å². The highest BCUT2D eigenvalue weighted by Crippen LogP contribution is 2.08. The highest BCUT2D eigenvalue weighted by molar-refractivity contribution is 5.96. The number of unbranched alkanes of at least 4 members (excludes halogenated alkanes) is 1. The molecule has 2 rings (SSSR count). The third-order valence-corrected chi connectivity index (χ3v) is 3.53. The number of pyridine rings is 1. The number of aliphatic carboxylic acids is 1. The van der Waals surface area contributed by atoms with Crippen LogP contribution in [0.25, 0.3) is 6.08 Å². The van der Waals surface area contributed by atoms with E-state index in [0.29, 0.717) is 12.1 Å². The number of aryl methyl sites for hydroxylation is 1. The Morgan fingerprint density at radius 1 is 1.16 bits per heavy atom. The maximum Gasteiger partial charge on any atom is 0.322 e. The fraction of sp³-hybridized carbons (Fsp3) is 0.211. The average molecular weight is 340 g/mol. The standard InChI is InChI=1S/C19H20N2O4/c22-17-10-3-5-12-21(17)11-4-1-2-7-15-8-6-9-16(13-15)19(25)20-14-18(23)24/h2-3,5-10,12-13H,1,4,11,14H2,(H,20,25)(H,23,24)/b7-2-. The van der Waals surface area contributed by atoms with Gasteiger partial charge in [-0.15, -0.1) is 0 Å². The molecule has 0 unspecified atom stereocenters. The molecule has 2 aromatic rings. The number of rotatable bonds is 8. The van der Waals surface area contributed by atoms with Crippen molar-refractivity contribution in [3.8, 4) is 0 Å². The molecule has 0 radical (unpaired) electrons. The van der Waals surface area contributed by atoms with Crippen molar-refractivity contribution in [2.45, 2.75) is 19.4 Å². The summed E-state index contributed by atoms with van der Waals surface area (Å²) in [5.74, 6) is -1.50. The fourth-order valence-corrected chi connectivity index (χ4v) is 2.29. The summed E-state index contributed by atoms with van der Waals surface area (Å²) in [4.78, 5) is 33.9. The summed E-state index contributed by atoms with van der Waals surface area (Å²) in [6.07, 6.45) is 7.30. The Hall–Kier alpha value is -3.15. The molecule has 2 N–H and O–H groups in total. The quantitative estimate of drug-likeness (QED) is 0.721. The van der Waals surface area contributed by atoms with Gasteiger partial charge in [0.2, 0.25) is 5.56 Å². The minimum Gasteiger partial charge on any atom is -0.480 e. The molecular weight excluding hydrogens is 320 g/mol. The van der Waals surface area contributed by atoms with E-state index in [2.05, 4.69) is 5.32 Å². The van der Waals surface area contributed by atoms with Crippen LogP contribution in [0.5, 0.6) is 0 Å². The zero-order valence-electron chi connectivity index (χ0n) is 13.7. The molecule has 0 aliphatic carbocycles. The van der Waals surface area contributed by atoms with Crippen LogP contribution in [-0.4, -0.2) is 28.1 Å². The average Bonchev–Trinajstić information content (AvgIpc) is 2.61. The molecule has 1 aromatic carbocycles. The number of carbonyl (C=O) groups is 2. The summed E-state index contributed by atoms with van der Waals surface area (Å²) in [6, 6.07) is 12.0. The number of carboxylic acids is 1. The van der Waals surface area contributed by atoms with Crippen molar-refractivity contribution in [1.29, 1.82) is 0 Å². The molecule has 0 saturated carbocycles. The molecule has 0 fully saturated rings. The molecule has 0 atom stereocenters. The van der Waals surface area contributed by atoms with E-state index in [4.69, 9.17) is 5.11 Å². The SMILES string of the molecule is O=C(O)CNC(=O)c1cccc(/C=C\CCCn2ccccc2=O)c1. The zero-order valence-corrected chi connectivity index (χ0v) is 13.7. The Labute approximate surface area is 145 Å². The maximum absolute atomic E-state index is 11.8. The molecule has 130 valence electrons. The molecule has 0 bridgehead atoms. The van der Waals surface area contributed by atoms with E-state index in [1.54, 1.807) is 35.0 Å². The number of carboxylic acid groups (broad SMARTS) is 1. The van der Waals surface area contributed by atoms with Crippen molar-refractivity contribution in [2.75, 3.05) is 6.54 Å². The second-order valence-corrected chi connectivity index (χ2v) is 5.48. The van der Waals surface area contributed by atoms with E-state index in [0.717, 1.165) is 18.4 Å². The Morgan fingerprint density at radius 3 is 2.76 bits per heavy atom. The lowest BCUT2D eigenvalue weighted by molar-refractivity contribution is -0.135. The minimum atomic E-state index is -1.08. The van der Waals surface area contributed by atoms with Gasteiger partial charge in [0, 0.05) is 24.4 Å². The summed E-state index contributed by atoms with van der Waals surface area (Å²) in [6.45, 7) is 0.249. The summed E-state index contributed by atoms with van der Waals surface area (Å²) < 4.78 is 1.67. The number of aromatic nitrogens is 1. The number of amides is 1. The number of nitrogens with one attached hydrogen (secondary N) is 1. The van der Waals surface area contributed by atoms with Crippen LogP contribution in [-0.2, 0) is 11.3 Å². The van der Waals surface area contributed by atoms with Gasteiger partial charge >= 0.3 is 5.97 Å². The Kier molecular flexibility index (Phi) is 6.71. The molecule has 0 aliphatic heterocycles. The van der Waals surface area contributed by atoms with Crippen LogP contribution in [0, 0.1) is 0 Å². The van der Waals surface area contributed by atoms with Gasteiger partial charge in [-0.25, -0.2) is 0 Å². The zero-order chi connectivity index (χ0) is 18.1. The Bertz CT molecular complexity index is 824. The van der Waals surface area contributed by atoms with E-state index in [1.807, 2.05) is 24.3 Å². The summed E-state index contributed by atoms with van der Waals surface area (Å²) in [5, 5.41) is 10.9. The predicted molar refractivity (Wildman–Crippen MR) is 95.4 cm³/mol. The Morgan fingerprint density at radius 2 is 2.00 bits per heavy atom. The number of allylic oxidation sites excluding steroid dienone is 1. The van der Waals surface area contributed by atoms with E-state index in [9.17, 15) is 14.4 Å². The largest absolute Gasteiger partial charge is 0.480 e. The summed E-state index contributed by atoms with van der Waals surface area (Å²) in [7, 11) is 0. The molecule has 6 heteroatoms. The van der Waals surface area contributed by atoms with Crippen LogP contribution < -0.4 is 10.9 Å². The number of nitrogens with zero attached hydrogens (tertiary/aromatic N) is 1. The smallest absolute Gasteiger partial charge is 0.322 e. The topological polar surface area (TPSA) is 88.4 Å². The first-order chi connectivity index (χ1) is 12.1. The van der Waals surface area contributed by atoms with Gasteiger partial charge in [-0.05, 0) is 36.6 Å². The summed E-state index contributed by atoms with van der Waals surface area (Å²) in [5.41, 5.74) is 1.27. The number of benzene rings is 1. The van der Waals surface area contributed by atoms with Gasteiger partial charge in [0.15, 0.2) is 0 Å². The van der Waals surface area contributed by atoms with Crippen molar-refractivity contribution in [2.24, 2.45) is 0 Å². The first-order valence-corrected chi connectivity index (χ1v) is 7.98. The number of hydrogen-bond acceptors (Lipinski definition) is 3. The number of carbonyl (C=O) groups excluding carboxylic acids is 1. The molecular formula is C19H20N2O4. The van der Waals surface area contributed by atoms with Crippen molar-refractivity contribution in [3.05, 3.63) is 76.2 Å². The highest BCUT2D eigenvalue weighted by atomic mass is 16.4. The van der Waals surface area contributed by atoms with E-state index >= 15 is 0 Å². The molecule has 1 aromatic heterocycles. The molecule has 1 heterocycles. The van der Waals surface area contributed by atoms with Crippen LogP contribution in [0.1, 0.15) is 28.8 Å². The number of hydrogen-bond donors (Lipinski definition) is 2. The highest BCUT2D eigenvalue weighted by Gasteiger charge is 2.06. The van der Waals surface area contributed by atoms with Crippen LogP contribution >= 0.6 is 0 Å². The van der Waals surface area contributed by atoms with Crippen LogP contribution in [0.15, 0.2) is 59.5 Å². The first-order valence-electron chi connectivity index (χ1n) is 7.98. The molecule has 6 nitrogen and oxygen atoms in total. The van der Waals surface area contributed by atoms with Gasteiger partial charge in [0.05, 0.1) is 0 Å². The van der Waals surface area contributed by atoms with E-state index < -0.39 is 18.4 Å². The van der Waals surface area contributed by atoms with E-state index in [-0.39, 0.29) is 5.56 Å². The van der Waals surface area contributed by atoms with Crippen molar-refractivity contribution >= 4 is 18.0 Å². The van der Waals surface area contributed by atoms with Crippen LogP contribution in [0.4, 0.5) is 0 Å². The van der Waals surface area contributed by atoms with E-state index in [1.165, 1.54) is 6.07 Å². The lowest BCUT2D eigenvalue weighted by Crippen LogP contribution is -2.29.